The molecule has 0 spiro atoms. The lowest BCUT2D eigenvalue weighted by molar-refractivity contribution is 0.00694. The zero-order chi connectivity index (χ0) is 19.9. The number of esters is 1. The van der Waals surface area contributed by atoms with Crippen LogP contribution in [0.4, 0.5) is 0 Å². The van der Waals surface area contributed by atoms with E-state index in [0.717, 1.165) is 33.7 Å². The average Bonchev–Trinajstić information content (AvgIpc) is 3.06. The Morgan fingerprint density at radius 3 is 2.61 bits per heavy atom. The van der Waals surface area contributed by atoms with Gasteiger partial charge >= 0.3 is 5.97 Å². The standard InChI is InChI=1S/C22H20N2O3S/c1-22(2,3)27-21(26)14-9-10-19-16(11-14)20-17(13-28-19)18(12-25)23-24(20)15-7-5-4-6-8-15/h4-12H,13H2,1-3H3. The fourth-order valence-electron chi connectivity index (χ4n) is 3.19. The van der Waals surface area contributed by atoms with Crippen molar-refractivity contribution in [3.05, 3.63) is 65.4 Å². The molecule has 0 fully saturated rings. The van der Waals surface area contributed by atoms with E-state index >= 15 is 0 Å². The van der Waals surface area contributed by atoms with Crippen LogP contribution < -0.4 is 0 Å². The van der Waals surface area contributed by atoms with Crippen LogP contribution in [-0.2, 0) is 10.5 Å². The van der Waals surface area contributed by atoms with Crippen LogP contribution in [0.3, 0.4) is 0 Å². The SMILES string of the molecule is CC(C)(C)OC(=O)c1ccc2c(c1)-c1c(c(C=O)nn1-c1ccccc1)CS2. The Kier molecular flexibility index (Phi) is 4.59. The maximum absolute atomic E-state index is 12.6. The fourth-order valence-corrected chi connectivity index (χ4v) is 4.25. The molecule has 0 unspecified atom stereocenters. The largest absolute Gasteiger partial charge is 0.456 e. The summed E-state index contributed by atoms with van der Waals surface area (Å²) in [6.07, 6.45) is 0.793. The van der Waals surface area contributed by atoms with Crippen molar-refractivity contribution in [2.45, 2.75) is 37.0 Å². The van der Waals surface area contributed by atoms with Crippen LogP contribution in [0, 0.1) is 0 Å². The van der Waals surface area contributed by atoms with Gasteiger partial charge in [0.05, 0.1) is 16.9 Å². The molecular formula is C22H20N2O3S. The highest BCUT2D eigenvalue weighted by atomic mass is 32.2. The van der Waals surface area contributed by atoms with Gasteiger partial charge in [-0.1, -0.05) is 18.2 Å². The summed E-state index contributed by atoms with van der Waals surface area (Å²) >= 11 is 1.64. The first-order chi connectivity index (χ1) is 13.4. The van der Waals surface area contributed by atoms with Gasteiger partial charge in [-0.15, -0.1) is 11.8 Å². The molecular weight excluding hydrogens is 372 g/mol. The van der Waals surface area contributed by atoms with E-state index in [1.807, 2.05) is 63.2 Å². The normalized spacial score (nSPS) is 12.8. The third kappa shape index (κ3) is 3.36. The van der Waals surface area contributed by atoms with Crippen molar-refractivity contribution in [1.29, 1.82) is 0 Å². The van der Waals surface area contributed by atoms with Gasteiger partial charge in [0.25, 0.3) is 0 Å². The number of rotatable bonds is 3. The monoisotopic (exact) mass is 392 g/mol. The van der Waals surface area contributed by atoms with E-state index in [1.165, 1.54) is 0 Å². The quantitative estimate of drug-likeness (QED) is 0.468. The van der Waals surface area contributed by atoms with Crippen LogP contribution in [0.25, 0.3) is 16.9 Å². The highest BCUT2D eigenvalue weighted by Crippen LogP contribution is 2.44. The van der Waals surface area contributed by atoms with Crippen LogP contribution in [0.5, 0.6) is 0 Å². The molecule has 1 aliphatic heterocycles. The maximum atomic E-state index is 12.6. The van der Waals surface area contributed by atoms with E-state index in [2.05, 4.69) is 5.10 Å². The van der Waals surface area contributed by atoms with E-state index in [-0.39, 0.29) is 5.97 Å². The molecule has 4 rings (SSSR count). The highest BCUT2D eigenvalue weighted by molar-refractivity contribution is 7.98. The number of aromatic nitrogens is 2. The Balaban J connectivity index is 1.88. The van der Waals surface area contributed by atoms with E-state index in [4.69, 9.17) is 4.74 Å². The molecule has 6 heteroatoms. The molecule has 142 valence electrons. The molecule has 3 aromatic rings. The minimum atomic E-state index is -0.566. The molecule has 0 aliphatic carbocycles. The molecule has 0 bridgehead atoms. The number of fused-ring (bicyclic) bond motifs is 3. The van der Waals surface area contributed by atoms with Gasteiger partial charge in [0, 0.05) is 21.8 Å². The first kappa shape index (κ1) is 18.5. The molecule has 1 aromatic heterocycles. The molecule has 2 aromatic carbocycles. The van der Waals surface area contributed by atoms with Crippen LogP contribution >= 0.6 is 11.8 Å². The lowest BCUT2D eigenvalue weighted by atomic mass is 10.0. The Hall–Kier alpha value is -2.86. The van der Waals surface area contributed by atoms with Gasteiger partial charge in [-0.25, -0.2) is 9.48 Å². The maximum Gasteiger partial charge on any atom is 0.338 e. The van der Waals surface area contributed by atoms with Crippen LogP contribution in [0.15, 0.2) is 53.4 Å². The number of carbonyl (C=O) groups is 2. The Morgan fingerprint density at radius 1 is 1.18 bits per heavy atom. The summed E-state index contributed by atoms with van der Waals surface area (Å²) in [5.41, 5.74) is 3.84. The molecule has 0 atom stereocenters. The predicted octanol–water partition coefficient (Wildman–Crippen LogP) is 4.91. The van der Waals surface area contributed by atoms with Crippen LogP contribution in [0.1, 0.15) is 47.2 Å². The third-order valence-electron chi connectivity index (χ3n) is 4.37. The summed E-state index contributed by atoms with van der Waals surface area (Å²) in [5, 5.41) is 4.53. The summed E-state index contributed by atoms with van der Waals surface area (Å²) in [7, 11) is 0. The average molecular weight is 392 g/mol. The summed E-state index contributed by atoms with van der Waals surface area (Å²) in [6, 6.07) is 15.2. The van der Waals surface area contributed by atoms with Gasteiger partial charge in [-0.2, -0.15) is 5.10 Å². The van der Waals surface area contributed by atoms with E-state index < -0.39 is 5.60 Å². The number of hydrogen-bond acceptors (Lipinski definition) is 5. The molecule has 0 radical (unpaired) electrons. The second kappa shape index (κ2) is 6.95. The number of aldehydes is 1. The fraction of sp³-hybridized carbons (Fsp3) is 0.227. The molecule has 0 saturated heterocycles. The molecule has 1 aliphatic rings. The van der Waals surface area contributed by atoms with E-state index in [1.54, 1.807) is 22.5 Å². The minimum absolute atomic E-state index is 0.367. The van der Waals surface area contributed by atoms with Crippen molar-refractivity contribution in [1.82, 2.24) is 9.78 Å². The Bertz CT molecular complexity index is 1070. The smallest absolute Gasteiger partial charge is 0.338 e. The number of carbonyl (C=O) groups excluding carboxylic acids is 2. The van der Waals surface area contributed by atoms with Crippen molar-refractivity contribution < 1.29 is 14.3 Å². The van der Waals surface area contributed by atoms with Crippen LogP contribution in [-0.4, -0.2) is 27.6 Å². The van der Waals surface area contributed by atoms with Gasteiger partial charge < -0.3 is 4.74 Å². The lowest BCUT2D eigenvalue weighted by Gasteiger charge is -2.21. The lowest BCUT2D eigenvalue weighted by Crippen LogP contribution is -2.24. The van der Waals surface area contributed by atoms with Crippen molar-refractivity contribution >= 4 is 24.0 Å². The van der Waals surface area contributed by atoms with Gasteiger partial charge in [0.15, 0.2) is 6.29 Å². The predicted molar refractivity (Wildman–Crippen MR) is 109 cm³/mol. The zero-order valence-corrected chi connectivity index (χ0v) is 16.7. The molecule has 0 saturated carbocycles. The second-order valence-electron chi connectivity index (χ2n) is 7.58. The van der Waals surface area contributed by atoms with Crippen molar-refractivity contribution in [2.24, 2.45) is 0 Å². The van der Waals surface area contributed by atoms with Gasteiger partial charge in [-0.3, -0.25) is 4.79 Å². The highest BCUT2D eigenvalue weighted by Gasteiger charge is 2.28. The summed E-state index contributed by atoms with van der Waals surface area (Å²) in [6.45, 7) is 5.54. The van der Waals surface area contributed by atoms with Gasteiger partial charge in [0.1, 0.15) is 11.3 Å². The third-order valence-corrected chi connectivity index (χ3v) is 5.47. The minimum Gasteiger partial charge on any atom is -0.456 e. The molecule has 2 heterocycles. The first-order valence-electron chi connectivity index (χ1n) is 9.00. The van der Waals surface area contributed by atoms with Crippen molar-refractivity contribution in [3.63, 3.8) is 0 Å². The first-order valence-corrected chi connectivity index (χ1v) is 9.99. The van der Waals surface area contributed by atoms with Crippen molar-refractivity contribution in [2.75, 3.05) is 0 Å². The topological polar surface area (TPSA) is 61.2 Å². The number of nitrogens with zero attached hydrogens (tertiary/aromatic N) is 2. The van der Waals surface area contributed by atoms with E-state index in [9.17, 15) is 9.59 Å². The molecule has 5 nitrogen and oxygen atoms in total. The Morgan fingerprint density at radius 2 is 1.93 bits per heavy atom. The number of hydrogen-bond donors (Lipinski definition) is 0. The van der Waals surface area contributed by atoms with Gasteiger partial charge in [-0.05, 0) is 51.1 Å². The Labute approximate surface area is 167 Å². The molecule has 28 heavy (non-hydrogen) atoms. The second-order valence-corrected chi connectivity index (χ2v) is 8.60. The number of thioether (sulfide) groups is 1. The zero-order valence-electron chi connectivity index (χ0n) is 15.9. The number of benzene rings is 2. The van der Waals surface area contributed by atoms with Gasteiger partial charge in [0.2, 0.25) is 0 Å². The summed E-state index contributed by atoms with van der Waals surface area (Å²) in [5.74, 6) is 0.295. The van der Waals surface area contributed by atoms with E-state index in [0.29, 0.717) is 17.0 Å². The summed E-state index contributed by atoms with van der Waals surface area (Å²) in [4.78, 5) is 25.2. The van der Waals surface area contributed by atoms with Crippen molar-refractivity contribution in [3.8, 4) is 16.9 Å². The summed E-state index contributed by atoms with van der Waals surface area (Å²) < 4.78 is 7.31. The number of ether oxygens (including phenoxy) is 1. The molecule has 0 N–H and O–H groups in total. The number of para-hydroxylation sites is 1. The molecule has 0 amide bonds. The van der Waals surface area contributed by atoms with Crippen LogP contribution in [0.2, 0.25) is 0 Å².